The molecule has 0 aliphatic heterocycles. The summed E-state index contributed by atoms with van der Waals surface area (Å²) in [6.07, 6.45) is 11.2. The van der Waals surface area contributed by atoms with E-state index in [1.165, 1.54) is 12.4 Å². The predicted molar refractivity (Wildman–Crippen MR) is 143 cm³/mol. The monoisotopic (exact) mass is 515 g/mol. The summed E-state index contributed by atoms with van der Waals surface area (Å²) in [7, 11) is 0. The molecule has 4 aromatic rings. The van der Waals surface area contributed by atoms with Crippen molar-refractivity contribution in [3.05, 3.63) is 54.4 Å². The van der Waals surface area contributed by atoms with Gasteiger partial charge >= 0.3 is 0 Å². The molecule has 38 heavy (non-hydrogen) atoms. The quantitative estimate of drug-likeness (QED) is 0.313. The van der Waals surface area contributed by atoms with Crippen LogP contribution < -0.4 is 10.1 Å². The summed E-state index contributed by atoms with van der Waals surface area (Å²) in [5.41, 5.74) is 2.55. The van der Waals surface area contributed by atoms with Crippen molar-refractivity contribution in [2.45, 2.75) is 65.0 Å². The third kappa shape index (κ3) is 5.58. The van der Waals surface area contributed by atoms with E-state index in [2.05, 4.69) is 32.2 Å². The van der Waals surface area contributed by atoms with Gasteiger partial charge in [0.1, 0.15) is 29.8 Å². The van der Waals surface area contributed by atoms with Crippen LogP contribution in [0.5, 0.6) is 11.6 Å². The number of aromatic nitrogens is 6. The van der Waals surface area contributed by atoms with E-state index in [4.69, 9.17) is 9.72 Å². The van der Waals surface area contributed by atoms with E-state index < -0.39 is 0 Å². The smallest absolute Gasteiger partial charge is 0.255 e. The lowest BCUT2D eigenvalue weighted by molar-refractivity contribution is 0.0948. The molecule has 5 rings (SSSR count). The lowest BCUT2D eigenvalue weighted by atomic mass is 9.84. The Morgan fingerprint density at radius 3 is 2.61 bits per heavy atom. The van der Waals surface area contributed by atoms with Crippen molar-refractivity contribution < 1.29 is 14.6 Å². The Balaban J connectivity index is 1.15. The average Bonchev–Trinajstić information content (AvgIpc) is 3.32. The van der Waals surface area contributed by atoms with Crippen molar-refractivity contribution in [2.75, 3.05) is 6.54 Å². The van der Waals surface area contributed by atoms with Crippen LogP contribution in [-0.4, -0.2) is 53.1 Å². The minimum atomic E-state index is -0.236. The number of nitrogens with one attached hydrogen (secondary N) is 1. The predicted octanol–water partition coefficient (Wildman–Crippen LogP) is 4.47. The van der Waals surface area contributed by atoms with Gasteiger partial charge in [-0.25, -0.2) is 19.9 Å². The SMILES string of the molecule is CCn1c(-c2cnc(C)nc2)nc2c(OC3CCC(CCCNC(=O)c4ccccc4O)CC3)ncnc21. The summed E-state index contributed by atoms with van der Waals surface area (Å²) < 4.78 is 8.40. The number of amides is 1. The fraction of sp³-hybridized carbons (Fsp3) is 0.429. The molecule has 198 valence electrons. The molecular weight excluding hydrogens is 482 g/mol. The number of phenolic OH excluding ortho intramolecular Hbond substituents is 1. The van der Waals surface area contributed by atoms with E-state index in [9.17, 15) is 9.90 Å². The summed E-state index contributed by atoms with van der Waals surface area (Å²) in [5.74, 6) is 2.36. The molecule has 0 spiro atoms. The molecule has 1 amide bonds. The summed E-state index contributed by atoms with van der Waals surface area (Å²) in [6, 6.07) is 6.60. The number of carbonyl (C=O) groups is 1. The molecule has 0 unspecified atom stereocenters. The molecule has 1 fully saturated rings. The highest BCUT2D eigenvalue weighted by atomic mass is 16.5. The minimum Gasteiger partial charge on any atom is -0.507 e. The van der Waals surface area contributed by atoms with Crippen molar-refractivity contribution in [1.29, 1.82) is 0 Å². The standard InChI is InChI=1S/C28H33N7O3/c1-3-35-25(20-15-30-18(2)31-16-20)34-24-26(35)32-17-33-28(24)38-21-12-10-19(11-13-21)7-6-14-29-27(37)22-8-4-5-9-23(22)36/h4-5,8-9,15-17,19,21,36H,3,6-7,10-14H2,1-2H3,(H,29,37). The molecule has 2 N–H and O–H groups in total. The van der Waals surface area contributed by atoms with E-state index in [-0.39, 0.29) is 17.8 Å². The average molecular weight is 516 g/mol. The summed E-state index contributed by atoms with van der Waals surface area (Å²) in [6.45, 7) is 5.21. The van der Waals surface area contributed by atoms with Crippen molar-refractivity contribution >= 4 is 17.1 Å². The van der Waals surface area contributed by atoms with Crippen LogP contribution in [0, 0.1) is 12.8 Å². The van der Waals surface area contributed by atoms with Crippen LogP contribution in [0.15, 0.2) is 43.0 Å². The number of rotatable bonds is 9. The van der Waals surface area contributed by atoms with Gasteiger partial charge in [0.05, 0.1) is 11.1 Å². The maximum Gasteiger partial charge on any atom is 0.255 e. The number of fused-ring (bicyclic) bond motifs is 1. The van der Waals surface area contributed by atoms with Crippen molar-refractivity contribution in [3.8, 4) is 23.0 Å². The Morgan fingerprint density at radius 2 is 1.87 bits per heavy atom. The zero-order chi connectivity index (χ0) is 26.5. The van der Waals surface area contributed by atoms with Gasteiger partial charge in [-0.15, -0.1) is 0 Å². The van der Waals surface area contributed by atoms with Crippen LogP contribution in [0.3, 0.4) is 0 Å². The maximum absolute atomic E-state index is 12.3. The number of hydrogen-bond acceptors (Lipinski definition) is 8. The van der Waals surface area contributed by atoms with Gasteiger partial charge in [-0.05, 0) is 70.4 Å². The highest BCUT2D eigenvalue weighted by Gasteiger charge is 2.25. The summed E-state index contributed by atoms with van der Waals surface area (Å²) >= 11 is 0. The number of benzene rings is 1. The zero-order valence-corrected chi connectivity index (χ0v) is 21.8. The second-order valence-electron chi connectivity index (χ2n) is 9.73. The molecule has 0 saturated heterocycles. The van der Waals surface area contributed by atoms with E-state index in [0.29, 0.717) is 41.8 Å². The molecule has 1 aliphatic rings. The minimum absolute atomic E-state index is 0.00568. The number of phenols is 1. The van der Waals surface area contributed by atoms with Gasteiger partial charge in [0.25, 0.3) is 5.91 Å². The fourth-order valence-corrected chi connectivity index (χ4v) is 5.08. The van der Waals surface area contributed by atoms with Crippen LogP contribution in [0.4, 0.5) is 0 Å². The van der Waals surface area contributed by atoms with Gasteiger partial charge < -0.3 is 19.7 Å². The van der Waals surface area contributed by atoms with Gasteiger partial charge in [-0.1, -0.05) is 12.1 Å². The molecule has 1 aromatic carbocycles. The van der Waals surface area contributed by atoms with E-state index in [1.807, 2.05) is 11.5 Å². The lowest BCUT2D eigenvalue weighted by Gasteiger charge is -2.28. The third-order valence-electron chi connectivity index (χ3n) is 7.15. The van der Waals surface area contributed by atoms with Crippen molar-refractivity contribution in [3.63, 3.8) is 0 Å². The Kier molecular flexibility index (Phi) is 7.76. The molecule has 0 bridgehead atoms. The van der Waals surface area contributed by atoms with Crippen LogP contribution in [0.2, 0.25) is 0 Å². The first-order chi connectivity index (χ1) is 18.5. The molecule has 3 aromatic heterocycles. The molecule has 1 saturated carbocycles. The maximum atomic E-state index is 12.3. The largest absolute Gasteiger partial charge is 0.507 e. The number of imidazole rings is 1. The van der Waals surface area contributed by atoms with Crippen LogP contribution in [0.25, 0.3) is 22.6 Å². The van der Waals surface area contributed by atoms with Crippen LogP contribution in [-0.2, 0) is 6.54 Å². The number of nitrogens with zero attached hydrogens (tertiary/aromatic N) is 6. The Labute approximate surface area is 221 Å². The number of para-hydroxylation sites is 1. The molecule has 0 atom stereocenters. The van der Waals surface area contributed by atoms with E-state index >= 15 is 0 Å². The fourth-order valence-electron chi connectivity index (χ4n) is 5.08. The first kappa shape index (κ1) is 25.6. The van der Waals surface area contributed by atoms with E-state index in [1.54, 1.807) is 30.6 Å². The van der Waals surface area contributed by atoms with Crippen molar-refractivity contribution in [1.82, 2.24) is 34.8 Å². The third-order valence-corrected chi connectivity index (χ3v) is 7.15. The van der Waals surface area contributed by atoms with Gasteiger partial charge in [-0.3, -0.25) is 4.79 Å². The second kappa shape index (κ2) is 11.5. The molecule has 10 nitrogen and oxygen atoms in total. The number of carbonyl (C=O) groups excluding carboxylic acids is 1. The first-order valence-electron chi connectivity index (χ1n) is 13.3. The Morgan fingerprint density at radius 1 is 1.11 bits per heavy atom. The molecular formula is C28H33N7O3. The number of aromatic hydroxyl groups is 1. The Hall–Kier alpha value is -4.08. The van der Waals surface area contributed by atoms with Gasteiger partial charge in [-0.2, -0.15) is 4.98 Å². The van der Waals surface area contributed by atoms with Gasteiger partial charge in [0, 0.05) is 25.5 Å². The second-order valence-corrected chi connectivity index (χ2v) is 9.73. The zero-order valence-electron chi connectivity index (χ0n) is 21.8. The highest BCUT2D eigenvalue weighted by Crippen LogP contribution is 2.33. The molecule has 3 heterocycles. The number of ether oxygens (including phenoxy) is 1. The summed E-state index contributed by atoms with van der Waals surface area (Å²) in [4.78, 5) is 34.6. The Bertz CT molecular complexity index is 1400. The lowest BCUT2D eigenvalue weighted by Crippen LogP contribution is -2.27. The molecule has 0 radical (unpaired) electrons. The number of aryl methyl sites for hydroxylation is 2. The van der Waals surface area contributed by atoms with E-state index in [0.717, 1.165) is 55.6 Å². The summed E-state index contributed by atoms with van der Waals surface area (Å²) in [5, 5.41) is 12.7. The molecule has 10 heteroatoms. The highest BCUT2D eigenvalue weighted by molar-refractivity contribution is 5.96. The first-order valence-corrected chi connectivity index (χ1v) is 13.3. The van der Waals surface area contributed by atoms with Gasteiger partial charge in [0.2, 0.25) is 5.88 Å². The topological polar surface area (TPSA) is 128 Å². The molecule has 1 aliphatic carbocycles. The van der Waals surface area contributed by atoms with Crippen LogP contribution >= 0.6 is 0 Å². The van der Waals surface area contributed by atoms with Gasteiger partial charge in [0.15, 0.2) is 11.2 Å². The van der Waals surface area contributed by atoms with Crippen LogP contribution in [0.1, 0.15) is 61.6 Å². The van der Waals surface area contributed by atoms with Crippen molar-refractivity contribution in [2.24, 2.45) is 5.92 Å². The number of hydrogen-bond donors (Lipinski definition) is 2. The normalized spacial score (nSPS) is 17.4.